The zero-order chi connectivity index (χ0) is 11.4. The van der Waals surface area contributed by atoms with Gasteiger partial charge in [-0.3, -0.25) is 0 Å². The topological polar surface area (TPSA) is 46.5 Å². The summed E-state index contributed by atoms with van der Waals surface area (Å²) in [5.74, 6) is 0.479. The smallest absolute Gasteiger partial charge is 0.335 e. The van der Waals surface area contributed by atoms with Gasteiger partial charge >= 0.3 is 5.97 Å². The third kappa shape index (κ3) is 3.54. The summed E-state index contributed by atoms with van der Waals surface area (Å²) in [4.78, 5) is 11.7. The van der Waals surface area contributed by atoms with Crippen LogP contribution in [-0.2, 0) is 4.74 Å². The molecule has 0 amide bonds. The van der Waals surface area contributed by atoms with Crippen LogP contribution in [0.2, 0.25) is 0 Å². The molecule has 0 aliphatic heterocycles. The summed E-state index contributed by atoms with van der Waals surface area (Å²) in [6, 6.07) is 6.93. The van der Waals surface area contributed by atoms with E-state index in [1.807, 2.05) is 6.07 Å². The molecule has 0 bridgehead atoms. The minimum Gasteiger partial charge on any atom is -0.478 e. The highest BCUT2D eigenvalue weighted by Crippen LogP contribution is 2.29. The van der Waals surface area contributed by atoms with Crippen LogP contribution in [0.15, 0.2) is 29.2 Å². The molecule has 86 valence electrons. The van der Waals surface area contributed by atoms with Crippen molar-refractivity contribution in [3.05, 3.63) is 29.8 Å². The largest absolute Gasteiger partial charge is 0.478 e. The molecule has 0 atom stereocenters. The molecule has 0 radical (unpaired) electrons. The van der Waals surface area contributed by atoms with Crippen LogP contribution < -0.4 is 0 Å². The van der Waals surface area contributed by atoms with Crippen LogP contribution in [-0.4, -0.2) is 23.6 Å². The quantitative estimate of drug-likeness (QED) is 0.470. The van der Waals surface area contributed by atoms with Gasteiger partial charge in [-0.1, -0.05) is 17.8 Å². The van der Waals surface area contributed by atoms with Gasteiger partial charge in [-0.2, -0.15) is 0 Å². The predicted octanol–water partition coefficient (Wildman–Crippen LogP) is 2.86. The molecule has 0 unspecified atom stereocenters. The third-order valence-electron chi connectivity index (χ3n) is 2.44. The van der Waals surface area contributed by atoms with E-state index >= 15 is 0 Å². The summed E-state index contributed by atoms with van der Waals surface area (Å²) in [6.07, 6.45) is 2.58. The second-order valence-corrected chi connectivity index (χ2v) is 4.91. The minimum atomic E-state index is -0.888. The Morgan fingerprint density at radius 2 is 2.31 bits per heavy atom. The Bertz CT molecular complexity index is 374. The maximum Gasteiger partial charge on any atom is 0.335 e. The van der Waals surface area contributed by atoms with Gasteiger partial charge in [0.2, 0.25) is 0 Å². The fourth-order valence-electron chi connectivity index (χ4n) is 1.33. The maximum atomic E-state index is 10.7. The molecule has 1 aliphatic rings. The van der Waals surface area contributed by atoms with Gasteiger partial charge in [0.25, 0.3) is 0 Å². The van der Waals surface area contributed by atoms with Gasteiger partial charge in [0.15, 0.2) is 0 Å². The molecular weight excluding hydrogens is 224 g/mol. The number of carboxylic acid groups (broad SMARTS) is 1. The molecule has 0 heterocycles. The Kier molecular flexibility index (Phi) is 3.85. The highest BCUT2D eigenvalue weighted by molar-refractivity contribution is 7.99. The molecule has 4 heteroatoms. The second-order valence-electron chi connectivity index (χ2n) is 3.91. The van der Waals surface area contributed by atoms with Gasteiger partial charge in [-0.25, -0.2) is 4.79 Å². The summed E-state index contributed by atoms with van der Waals surface area (Å²) in [5.41, 5.74) is 0.326. The molecular formula is C12H14O3S. The van der Waals surface area contributed by atoms with Crippen LogP contribution in [0.5, 0.6) is 0 Å². The van der Waals surface area contributed by atoms with Crippen molar-refractivity contribution in [1.82, 2.24) is 0 Å². The van der Waals surface area contributed by atoms with E-state index < -0.39 is 5.97 Å². The zero-order valence-corrected chi connectivity index (χ0v) is 9.70. The third-order valence-corrected chi connectivity index (χ3v) is 3.31. The van der Waals surface area contributed by atoms with E-state index in [-0.39, 0.29) is 0 Å². The van der Waals surface area contributed by atoms with Crippen molar-refractivity contribution >= 4 is 17.7 Å². The average molecular weight is 238 g/mol. The molecule has 1 N–H and O–H groups in total. The average Bonchev–Trinajstić information content (AvgIpc) is 3.09. The van der Waals surface area contributed by atoms with E-state index in [4.69, 9.17) is 9.84 Å². The van der Waals surface area contributed by atoms with Crippen molar-refractivity contribution in [2.45, 2.75) is 17.7 Å². The van der Waals surface area contributed by atoms with Gasteiger partial charge in [-0.15, -0.1) is 0 Å². The molecule has 16 heavy (non-hydrogen) atoms. The maximum absolute atomic E-state index is 10.7. The molecule has 1 aliphatic carbocycles. The summed E-state index contributed by atoms with van der Waals surface area (Å²) < 4.78 is 5.48. The van der Waals surface area contributed by atoms with Crippen LogP contribution in [0.3, 0.4) is 0 Å². The molecule has 1 aromatic rings. The highest BCUT2D eigenvalue weighted by atomic mass is 32.2. The van der Waals surface area contributed by atoms with Crippen LogP contribution in [0.1, 0.15) is 23.2 Å². The molecule has 3 nitrogen and oxygen atoms in total. The van der Waals surface area contributed by atoms with Gasteiger partial charge in [0.1, 0.15) is 0 Å². The van der Waals surface area contributed by atoms with Crippen molar-refractivity contribution in [3.8, 4) is 0 Å². The van der Waals surface area contributed by atoms with E-state index in [0.717, 1.165) is 17.4 Å². The standard InChI is InChI=1S/C12H14O3S/c13-12(14)10-2-1-3-11(6-10)16-8-15-7-9-4-5-9/h1-3,6,9H,4-5,7-8H2,(H,13,14). The molecule has 2 rings (SSSR count). The molecule has 1 fully saturated rings. The van der Waals surface area contributed by atoms with Crippen LogP contribution in [0.25, 0.3) is 0 Å². The number of thioether (sulfide) groups is 1. The number of aromatic carboxylic acids is 1. The van der Waals surface area contributed by atoms with Gasteiger partial charge in [0.05, 0.1) is 18.1 Å². The van der Waals surface area contributed by atoms with Crippen molar-refractivity contribution in [2.75, 3.05) is 12.5 Å². The van der Waals surface area contributed by atoms with E-state index in [1.54, 1.807) is 18.2 Å². The first-order chi connectivity index (χ1) is 7.75. The first-order valence-electron chi connectivity index (χ1n) is 5.29. The first-order valence-corrected chi connectivity index (χ1v) is 6.28. The number of carboxylic acids is 1. The Labute approximate surface area is 98.8 Å². The van der Waals surface area contributed by atoms with Crippen molar-refractivity contribution in [1.29, 1.82) is 0 Å². The fourth-order valence-corrected chi connectivity index (χ4v) is 2.03. The van der Waals surface area contributed by atoms with Crippen LogP contribution in [0, 0.1) is 5.92 Å². The van der Waals surface area contributed by atoms with Crippen LogP contribution in [0.4, 0.5) is 0 Å². The summed E-state index contributed by atoms with van der Waals surface area (Å²) in [5, 5.41) is 8.82. The molecule has 0 aromatic heterocycles. The lowest BCUT2D eigenvalue weighted by molar-refractivity contribution is 0.0696. The predicted molar refractivity (Wildman–Crippen MR) is 62.8 cm³/mol. The number of rotatable bonds is 6. The first kappa shape index (κ1) is 11.5. The number of hydrogen-bond acceptors (Lipinski definition) is 3. The normalized spacial score (nSPS) is 15.0. The lowest BCUT2D eigenvalue weighted by Gasteiger charge is -2.03. The minimum absolute atomic E-state index is 0.326. The Morgan fingerprint density at radius 3 is 3.00 bits per heavy atom. The monoisotopic (exact) mass is 238 g/mol. The summed E-state index contributed by atoms with van der Waals surface area (Å²) in [7, 11) is 0. The van der Waals surface area contributed by atoms with Crippen LogP contribution >= 0.6 is 11.8 Å². The van der Waals surface area contributed by atoms with Crippen molar-refractivity contribution in [2.24, 2.45) is 5.92 Å². The van der Waals surface area contributed by atoms with E-state index in [0.29, 0.717) is 11.5 Å². The molecule has 1 saturated carbocycles. The van der Waals surface area contributed by atoms with E-state index in [1.165, 1.54) is 24.6 Å². The summed E-state index contributed by atoms with van der Waals surface area (Å²) in [6.45, 7) is 0.839. The number of benzene rings is 1. The number of hydrogen-bond donors (Lipinski definition) is 1. The van der Waals surface area contributed by atoms with Gasteiger partial charge < -0.3 is 9.84 Å². The second kappa shape index (κ2) is 5.37. The zero-order valence-electron chi connectivity index (χ0n) is 8.89. The van der Waals surface area contributed by atoms with E-state index in [9.17, 15) is 4.79 Å². The van der Waals surface area contributed by atoms with Crippen molar-refractivity contribution < 1.29 is 14.6 Å². The number of ether oxygens (including phenoxy) is 1. The fraction of sp³-hybridized carbons (Fsp3) is 0.417. The molecule has 0 spiro atoms. The lowest BCUT2D eigenvalue weighted by Crippen LogP contribution is -1.97. The lowest BCUT2D eigenvalue weighted by atomic mass is 10.2. The van der Waals surface area contributed by atoms with Gasteiger partial charge in [0, 0.05) is 4.90 Å². The Hall–Kier alpha value is -1.00. The van der Waals surface area contributed by atoms with E-state index in [2.05, 4.69) is 0 Å². The number of carbonyl (C=O) groups is 1. The summed E-state index contributed by atoms with van der Waals surface area (Å²) >= 11 is 1.54. The Balaban J connectivity index is 1.78. The molecule has 0 saturated heterocycles. The van der Waals surface area contributed by atoms with Crippen molar-refractivity contribution in [3.63, 3.8) is 0 Å². The van der Waals surface area contributed by atoms with Gasteiger partial charge in [-0.05, 0) is 37.0 Å². The highest BCUT2D eigenvalue weighted by Gasteiger charge is 2.20. The Morgan fingerprint density at radius 1 is 1.50 bits per heavy atom. The SMILES string of the molecule is O=C(O)c1cccc(SCOCC2CC2)c1. The molecule has 1 aromatic carbocycles.